The first kappa shape index (κ1) is 14.8. The fourth-order valence-electron chi connectivity index (χ4n) is 6.54. The van der Waals surface area contributed by atoms with Crippen LogP contribution in [-0.4, -0.2) is 0 Å². The van der Waals surface area contributed by atoms with Gasteiger partial charge in [-0.3, -0.25) is 0 Å². The summed E-state index contributed by atoms with van der Waals surface area (Å²) in [6, 6.07) is 11.8. The van der Waals surface area contributed by atoms with Gasteiger partial charge in [-0.05, 0) is 49.0 Å². The van der Waals surface area contributed by atoms with E-state index >= 15 is 0 Å². The molecule has 0 N–H and O–H groups in total. The fraction of sp³-hybridized carbons (Fsp3) is 0.727. The van der Waals surface area contributed by atoms with Gasteiger partial charge in [-0.15, -0.1) is 0 Å². The van der Waals surface area contributed by atoms with Gasteiger partial charge in [0.15, 0.2) is 0 Å². The molecule has 0 amide bonds. The second kappa shape index (κ2) is 6.38. The highest BCUT2D eigenvalue weighted by atomic mass is 14.5. The summed E-state index contributed by atoms with van der Waals surface area (Å²) < 4.78 is 0. The van der Waals surface area contributed by atoms with Crippen molar-refractivity contribution >= 4 is 0 Å². The second-order valence-electron chi connectivity index (χ2n) is 8.28. The molecule has 4 rings (SSSR count). The van der Waals surface area contributed by atoms with E-state index in [9.17, 15) is 0 Å². The summed E-state index contributed by atoms with van der Waals surface area (Å²) in [5.74, 6) is 2.99. The first-order chi connectivity index (χ1) is 10.9. The normalized spacial score (nSPS) is 36.7. The topological polar surface area (TPSA) is 0 Å². The Labute approximate surface area is 136 Å². The summed E-state index contributed by atoms with van der Waals surface area (Å²) in [4.78, 5) is 0. The molecule has 3 aliphatic carbocycles. The molecule has 3 atom stereocenters. The molecule has 3 saturated carbocycles. The Morgan fingerprint density at radius 2 is 1.36 bits per heavy atom. The molecular formula is C22H32. The third-order valence-electron chi connectivity index (χ3n) is 7.38. The van der Waals surface area contributed by atoms with Crippen LogP contribution in [0.4, 0.5) is 0 Å². The lowest BCUT2D eigenvalue weighted by Gasteiger charge is -2.55. The number of hydrogen-bond donors (Lipinski definition) is 0. The molecule has 0 nitrogen and oxygen atoms in total. The van der Waals surface area contributed by atoms with E-state index in [1.54, 1.807) is 5.56 Å². The molecule has 0 bridgehead atoms. The summed E-state index contributed by atoms with van der Waals surface area (Å²) in [7, 11) is 0. The average Bonchev–Trinajstić information content (AvgIpc) is 2.63. The van der Waals surface area contributed by atoms with Crippen molar-refractivity contribution in [2.24, 2.45) is 17.8 Å². The molecule has 22 heavy (non-hydrogen) atoms. The van der Waals surface area contributed by atoms with Crippen molar-refractivity contribution < 1.29 is 0 Å². The molecule has 0 saturated heterocycles. The Kier molecular flexibility index (Phi) is 4.29. The van der Waals surface area contributed by atoms with Crippen molar-refractivity contribution in [3.63, 3.8) is 0 Å². The third kappa shape index (κ3) is 2.43. The van der Waals surface area contributed by atoms with Crippen LogP contribution >= 0.6 is 0 Å². The van der Waals surface area contributed by atoms with Crippen LogP contribution in [0.2, 0.25) is 0 Å². The Balaban J connectivity index is 1.76. The van der Waals surface area contributed by atoms with Crippen molar-refractivity contribution in [2.75, 3.05) is 0 Å². The first-order valence-corrected chi connectivity index (χ1v) is 9.97. The van der Waals surface area contributed by atoms with Gasteiger partial charge in [0.25, 0.3) is 0 Å². The van der Waals surface area contributed by atoms with Crippen LogP contribution in [0.3, 0.4) is 0 Å². The molecule has 0 radical (unpaired) electrons. The summed E-state index contributed by atoms with van der Waals surface area (Å²) >= 11 is 0. The lowest BCUT2D eigenvalue weighted by molar-refractivity contribution is 0.0146. The highest BCUT2D eigenvalue weighted by Gasteiger charge is 2.51. The van der Waals surface area contributed by atoms with Crippen molar-refractivity contribution in [3.05, 3.63) is 35.9 Å². The maximum Gasteiger partial charge on any atom is 0.00121 e. The van der Waals surface area contributed by atoms with Crippen molar-refractivity contribution in [2.45, 2.75) is 82.5 Å². The van der Waals surface area contributed by atoms with E-state index in [1.165, 1.54) is 77.0 Å². The van der Waals surface area contributed by atoms with Gasteiger partial charge in [0.1, 0.15) is 0 Å². The minimum atomic E-state index is 0.533. The van der Waals surface area contributed by atoms with E-state index in [2.05, 4.69) is 30.3 Å². The van der Waals surface area contributed by atoms with Crippen LogP contribution < -0.4 is 0 Å². The molecule has 0 spiro atoms. The van der Waals surface area contributed by atoms with Crippen LogP contribution in [0, 0.1) is 17.8 Å². The van der Waals surface area contributed by atoms with Crippen molar-refractivity contribution in [3.8, 4) is 0 Å². The van der Waals surface area contributed by atoms with Gasteiger partial charge in [0.05, 0.1) is 0 Å². The van der Waals surface area contributed by atoms with Crippen molar-refractivity contribution in [1.82, 2.24) is 0 Å². The molecule has 0 aliphatic heterocycles. The summed E-state index contributed by atoms with van der Waals surface area (Å²) in [6.45, 7) is 0. The van der Waals surface area contributed by atoms with Crippen LogP contribution in [-0.2, 0) is 5.41 Å². The maximum atomic E-state index is 2.48. The van der Waals surface area contributed by atoms with Gasteiger partial charge >= 0.3 is 0 Å². The predicted molar refractivity (Wildman–Crippen MR) is 94.0 cm³/mol. The number of rotatable bonds is 2. The van der Waals surface area contributed by atoms with Crippen molar-refractivity contribution in [1.29, 1.82) is 0 Å². The molecular weight excluding hydrogens is 264 g/mol. The highest BCUT2D eigenvalue weighted by Crippen LogP contribution is 2.58. The van der Waals surface area contributed by atoms with E-state index in [0.29, 0.717) is 5.41 Å². The standard InChI is InChI=1S/C22H32/c1-3-12-19(13-4-1)22(20-14-5-2-6-15-20)17-9-11-18-10-7-8-16-21(18)22/h1,3-4,12-13,18,20-21H,2,5-11,14-17H2. The molecule has 3 aliphatic rings. The molecule has 0 aromatic heterocycles. The first-order valence-electron chi connectivity index (χ1n) is 9.97. The van der Waals surface area contributed by atoms with Gasteiger partial charge in [0.2, 0.25) is 0 Å². The summed E-state index contributed by atoms with van der Waals surface area (Å²) in [5.41, 5.74) is 2.24. The Bertz CT molecular complexity index is 468. The number of hydrogen-bond acceptors (Lipinski definition) is 0. The molecule has 0 heteroatoms. The zero-order valence-corrected chi connectivity index (χ0v) is 14.1. The van der Waals surface area contributed by atoms with Crippen LogP contribution in [0.25, 0.3) is 0 Å². The molecule has 3 fully saturated rings. The van der Waals surface area contributed by atoms with Gasteiger partial charge < -0.3 is 0 Å². The maximum absolute atomic E-state index is 2.48. The van der Waals surface area contributed by atoms with Gasteiger partial charge in [-0.2, -0.15) is 0 Å². The highest BCUT2D eigenvalue weighted by molar-refractivity contribution is 5.29. The third-order valence-corrected chi connectivity index (χ3v) is 7.38. The average molecular weight is 296 g/mol. The zero-order valence-electron chi connectivity index (χ0n) is 14.1. The van der Waals surface area contributed by atoms with E-state index in [0.717, 1.165) is 17.8 Å². The smallest absolute Gasteiger partial charge is 0.00121 e. The van der Waals surface area contributed by atoms with Crippen LogP contribution in [0.1, 0.15) is 82.6 Å². The molecule has 0 heterocycles. The number of benzene rings is 1. The second-order valence-corrected chi connectivity index (χ2v) is 8.28. The largest absolute Gasteiger partial charge is 0.0622 e. The Morgan fingerprint density at radius 3 is 2.18 bits per heavy atom. The molecule has 1 aromatic rings. The molecule has 120 valence electrons. The minimum absolute atomic E-state index is 0.533. The Hall–Kier alpha value is -0.780. The monoisotopic (exact) mass is 296 g/mol. The quantitative estimate of drug-likeness (QED) is 0.584. The fourth-order valence-corrected chi connectivity index (χ4v) is 6.54. The van der Waals surface area contributed by atoms with Gasteiger partial charge in [-0.25, -0.2) is 0 Å². The van der Waals surface area contributed by atoms with E-state index < -0.39 is 0 Å². The lowest BCUT2D eigenvalue weighted by atomic mass is 9.49. The molecule has 3 unspecified atom stereocenters. The summed E-state index contributed by atoms with van der Waals surface area (Å²) in [6.07, 6.45) is 17.9. The van der Waals surface area contributed by atoms with E-state index in [4.69, 9.17) is 0 Å². The van der Waals surface area contributed by atoms with E-state index in [-0.39, 0.29) is 0 Å². The minimum Gasteiger partial charge on any atom is -0.0622 e. The lowest BCUT2D eigenvalue weighted by Crippen LogP contribution is -2.49. The van der Waals surface area contributed by atoms with Crippen LogP contribution in [0.5, 0.6) is 0 Å². The number of fused-ring (bicyclic) bond motifs is 1. The molecule has 1 aromatic carbocycles. The predicted octanol–water partition coefficient (Wildman–Crippen LogP) is 6.50. The van der Waals surface area contributed by atoms with Crippen LogP contribution in [0.15, 0.2) is 30.3 Å². The SMILES string of the molecule is c1ccc(C2(C3CCCCC3)CCCC3CCCCC32)cc1. The van der Waals surface area contributed by atoms with Gasteiger partial charge in [-0.1, -0.05) is 81.7 Å². The zero-order chi connectivity index (χ0) is 14.8. The van der Waals surface area contributed by atoms with E-state index in [1.807, 2.05) is 0 Å². The van der Waals surface area contributed by atoms with Gasteiger partial charge in [0, 0.05) is 5.41 Å². The summed E-state index contributed by atoms with van der Waals surface area (Å²) in [5, 5.41) is 0. The Morgan fingerprint density at radius 1 is 0.682 bits per heavy atom.